The number of nitrogens with one attached hydrogen (secondary N) is 1. The van der Waals surface area contributed by atoms with Crippen molar-refractivity contribution in [1.82, 2.24) is 9.78 Å². The molecule has 1 aromatic rings. The van der Waals surface area contributed by atoms with Crippen molar-refractivity contribution in [3.63, 3.8) is 0 Å². The van der Waals surface area contributed by atoms with Crippen molar-refractivity contribution in [1.29, 1.82) is 0 Å². The zero-order valence-electron chi connectivity index (χ0n) is 10.1. The van der Waals surface area contributed by atoms with Crippen LogP contribution in [0, 0.1) is 0 Å². The van der Waals surface area contributed by atoms with Crippen LogP contribution in [0.5, 0.6) is 0 Å². The monoisotopic (exact) mass is 286 g/mol. The summed E-state index contributed by atoms with van der Waals surface area (Å²) >= 11 is 3.42. The maximum atomic E-state index is 12.1. The first-order valence-corrected chi connectivity index (χ1v) is 6.71. The molecule has 1 aliphatic rings. The van der Waals surface area contributed by atoms with Gasteiger partial charge in [0.2, 0.25) is 0 Å². The summed E-state index contributed by atoms with van der Waals surface area (Å²) in [7, 11) is 0. The van der Waals surface area contributed by atoms with Gasteiger partial charge in [-0.3, -0.25) is 9.89 Å². The minimum atomic E-state index is -0.0259. The van der Waals surface area contributed by atoms with Gasteiger partial charge in [-0.05, 0) is 28.8 Å². The van der Waals surface area contributed by atoms with Crippen LogP contribution in [0.15, 0.2) is 9.27 Å². The van der Waals surface area contributed by atoms with Crippen molar-refractivity contribution in [2.45, 2.75) is 57.9 Å². The third kappa shape index (κ3) is 1.99. The summed E-state index contributed by atoms with van der Waals surface area (Å²) in [5.74, 6) is 0. The van der Waals surface area contributed by atoms with Gasteiger partial charge in [0.1, 0.15) is 4.47 Å². The number of aromatic nitrogens is 2. The predicted molar refractivity (Wildman–Crippen MR) is 69.0 cm³/mol. The molecule has 1 aromatic heterocycles. The predicted octanol–water partition coefficient (Wildman–Crippen LogP) is 3.35. The molecule has 1 fully saturated rings. The van der Waals surface area contributed by atoms with Gasteiger partial charge in [0, 0.05) is 5.41 Å². The van der Waals surface area contributed by atoms with Gasteiger partial charge in [-0.15, -0.1) is 0 Å². The standard InChI is InChI=1S/C12H19BrN2O/c1-12(2,3)10-9(13)11(16)15(14-10)8-6-4-5-7-8/h8,14H,4-7H2,1-3H3. The normalized spacial score (nSPS) is 18.2. The van der Waals surface area contributed by atoms with Gasteiger partial charge in [0.05, 0.1) is 11.7 Å². The maximum absolute atomic E-state index is 12.1. The Balaban J connectivity index is 2.45. The van der Waals surface area contributed by atoms with Crippen LogP contribution in [0.3, 0.4) is 0 Å². The van der Waals surface area contributed by atoms with E-state index in [-0.39, 0.29) is 11.0 Å². The summed E-state index contributed by atoms with van der Waals surface area (Å²) in [6.45, 7) is 6.34. The average molecular weight is 287 g/mol. The highest BCUT2D eigenvalue weighted by molar-refractivity contribution is 9.10. The van der Waals surface area contributed by atoms with Gasteiger partial charge < -0.3 is 0 Å². The average Bonchev–Trinajstić information content (AvgIpc) is 2.75. The minimum absolute atomic E-state index is 0.0259. The first kappa shape index (κ1) is 12.0. The van der Waals surface area contributed by atoms with Crippen LogP contribution in [-0.4, -0.2) is 9.78 Å². The van der Waals surface area contributed by atoms with E-state index in [1.807, 2.05) is 4.68 Å². The van der Waals surface area contributed by atoms with E-state index in [2.05, 4.69) is 41.8 Å². The number of halogens is 1. The Kier molecular flexibility index (Phi) is 3.03. The zero-order chi connectivity index (χ0) is 11.9. The number of H-pyrrole nitrogens is 1. The highest BCUT2D eigenvalue weighted by Gasteiger charge is 2.26. The van der Waals surface area contributed by atoms with Crippen molar-refractivity contribution in [2.75, 3.05) is 0 Å². The topological polar surface area (TPSA) is 37.8 Å². The van der Waals surface area contributed by atoms with Crippen LogP contribution in [-0.2, 0) is 5.41 Å². The third-order valence-corrected chi connectivity index (χ3v) is 4.03. The molecule has 16 heavy (non-hydrogen) atoms. The summed E-state index contributed by atoms with van der Waals surface area (Å²) < 4.78 is 2.52. The SMILES string of the molecule is CC(C)(C)c1[nH]n(C2CCCC2)c(=O)c1Br. The van der Waals surface area contributed by atoms with Crippen LogP contribution in [0.2, 0.25) is 0 Å². The van der Waals surface area contributed by atoms with E-state index in [4.69, 9.17) is 0 Å². The first-order valence-electron chi connectivity index (χ1n) is 5.92. The van der Waals surface area contributed by atoms with Crippen LogP contribution >= 0.6 is 15.9 Å². The Morgan fingerprint density at radius 1 is 1.31 bits per heavy atom. The van der Waals surface area contributed by atoms with Gasteiger partial charge >= 0.3 is 0 Å². The third-order valence-electron chi connectivity index (χ3n) is 3.30. The van der Waals surface area contributed by atoms with E-state index in [1.165, 1.54) is 12.8 Å². The molecule has 1 saturated carbocycles. The molecule has 0 spiro atoms. The molecular weight excluding hydrogens is 268 g/mol. The van der Waals surface area contributed by atoms with Crippen molar-refractivity contribution in [3.8, 4) is 0 Å². The fourth-order valence-corrected chi connectivity index (χ4v) is 3.22. The smallest absolute Gasteiger partial charge is 0.281 e. The van der Waals surface area contributed by atoms with Crippen molar-refractivity contribution in [2.24, 2.45) is 0 Å². The second kappa shape index (κ2) is 4.06. The number of aromatic amines is 1. The van der Waals surface area contributed by atoms with E-state index in [9.17, 15) is 4.79 Å². The Labute approximate surface area is 104 Å². The second-order valence-corrected chi connectivity index (χ2v) is 6.46. The van der Waals surface area contributed by atoms with E-state index in [0.29, 0.717) is 10.5 Å². The molecule has 1 heterocycles. The molecular formula is C12H19BrN2O. The summed E-state index contributed by atoms with van der Waals surface area (Å²) in [6.07, 6.45) is 4.71. The molecule has 1 aliphatic carbocycles. The Morgan fingerprint density at radius 3 is 2.31 bits per heavy atom. The molecule has 0 radical (unpaired) electrons. The lowest BCUT2D eigenvalue weighted by molar-refractivity contribution is 0.439. The molecule has 90 valence electrons. The number of rotatable bonds is 1. The van der Waals surface area contributed by atoms with Gasteiger partial charge in [0.25, 0.3) is 5.56 Å². The highest BCUT2D eigenvalue weighted by Crippen LogP contribution is 2.31. The fraction of sp³-hybridized carbons (Fsp3) is 0.750. The Hall–Kier alpha value is -0.510. The largest absolute Gasteiger partial charge is 0.298 e. The molecule has 0 unspecified atom stereocenters. The molecule has 0 bridgehead atoms. The molecule has 0 atom stereocenters. The lowest BCUT2D eigenvalue weighted by Gasteiger charge is -2.17. The molecule has 2 rings (SSSR count). The Bertz CT molecular complexity index is 433. The summed E-state index contributed by atoms with van der Waals surface area (Å²) in [5, 5.41) is 3.29. The van der Waals surface area contributed by atoms with Crippen LogP contribution < -0.4 is 5.56 Å². The summed E-state index contributed by atoms with van der Waals surface area (Å²) in [6, 6.07) is 0.375. The molecule has 0 amide bonds. The van der Waals surface area contributed by atoms with Crippen molar-refractivity contribution in [3.05, 3.63) is 20.5 Å². The van der Waals surface area contributed by atoms with Crippen LogP contribution in [0.25, 0.3) is 0 Å². The van der Waals surface area contributed by atoms with Gasteiger partial charge in [0.15, 0.2) is 0 Å². The van der Waals surface area contributed by atoms with E-state index in [0.717, 1.165) is 18.5 Å². The lowest BCUT2D eigenvalue weighted by Crippen LogP contribution is -2.20. The van der Waals surface area contributed by atoms with Gasteiger partial charge in [-0.25, -0.2) is 4.68 Å². The number of nitrogens with zero attached hydrogens (tertiary/aromatic N) is 1. The quantitative estimate of drug-likeness (QED) is 0.845. The summed E-state index contributed by atoms with van der Waals surface area (Å²) in [4.78, 5) is 12.1. The molecule has 0 aliphatic heterocycles. The van der Waals surface area contributed by atoms with Gasteiger partial charge in [-0.2, -0.15) is 0 Å². The maximum Gasteiger partial charge on any atom is 0.281 e. The fourth-order valence-electron chi connectivity index (χ4n) is 2.35. The van der Waals surface area contributed by atoms with E-state index < -0.39 is 0 Å². The first-order chi connectivity index (χ1) is 7.41. The van der Waals surface area contributed by atoms with Crippen LogP contribution in [0.4, 0.5) is 0 Å². The number of hydrogen-bond acceptors (Lipinski definition) is 1. The zero-order valence-corrected chi connectivity index (χ0v) is 11.7. The van der Waals surface area contributed by atoms with E-state index >= 15 is 0 Å². The minimum Gasteiger partial charge on any atom is -0.298 e. The van der Waals surface area contributed by atoms with Crippen molar-refractivity contribution < 1.29 is 0 Å². The van der Waals surface area contributed by atoms with Crippen LogP contribution in [0.1, 0.15) is 58.2 Å². The molecule has 0 aromatic carbocycles. The summed E-state index contributed by atoms with van der Waals surface area (Å²) in [5.41, 5.74) is 1.07. The molecule has 1 N–H and O–H groups in total. The lowest BCUT2D eigenvalue weighted by atomic mass is 9.93. The van der Waals surface area contributed by atoms with Crippen molar-refractivity contribution >= 4 is 15.9 Å². The highest BCUT2D eigenvalue weighted by atomic mass is 79.9. The van der Waals surface area contributed by atoms with E-state index in [1.54, 1.807) is 0 Å². The Morgan fingerprint density at radius 2 is 1.88 bits per heavy atom. The molecule has 4 heteroatoms. The number of hydrogen-bond donors (Lipinski definition) is 1. The second-order valence-electron chi connectivity index (χ2n) is 5.66. The molecule has 0 saturated heterocycles. The van der Waals surface area contributed by atoms with Gasteiger partial charge in [-0.1, -0.05) is 33.6 Å². The molecule has 3 nitrogen and oxygen atoms in total.